The fourth-order valence-corrected chi connectivity index (χ4v) is 3.97. The Morgan fingerprint density at radius 2 is 2.07 bits per heavy atom. The normalized spacial score (nSPS) is 21.6. The van der Waals surface area contributed by atoms with E-state index in [-0.39, 0.29) is 24.3 Å². The van der Waals surface area contributed by atoms with Crippen molar-refractivity contribution < 1.29 is 9.53 Å². The Morgan fingerprint density at radius 1 is 1.22 bits per heavy atom. The van der Waals surface area contributed by atoms with Crippen molar-refractivity contribution >= 4 is 5.91 Å². The van der Waals surface area contributed by atoms with Crippen molar-refractivity contribution in [1.29, 1.82) is 0 Å². The van der Waals surface area contributed by atoms with Crippen LogP contribution in [0.1, 0.15) is 53.2 Å². The highest BCUT2D eigenvalue weighted by Gasteiger charge is 2.25. The number of carbonyl (C=O) groups excluding carboxylic acids is 1. The first-order valence-corrected chi connectivity index (χ1v) is 9.46. The van der Waals surface area contributed by atoms with Crippen LogP contribution in [0.3, 0.4) is 0 Å². The van der Waals surface area contributed by atoms with E-state index in [1.165, 1.54) is 11.8 Å². The molecule has 2 heterocycles. The van der Waals surface area contributed by atoms with Crippen molar-refractivity contribution in [3.8, 4) is 0 Å². The van der Waals surface area contributed by atoms with E-state index in [2.05, 4.69) is 16.4 Å². The lowest BCUT2D eigenvalue weighted by molar-refractivity contribution is 0.0910. The van der Waals surface area contributed by atoms with Crippen molar-refractivity contribution in [2.75, 3.05) is 6.61 Å². The van der Waals surface area contributed by atoms with Gasteiger partial charge in [-0.15, -0.1) is 0 Å². The van der Waals surface area contributed by atoms with E-state index in [9.17, 15) is 14.4 Å². The molecule has 27 heavy (non-hydrogen) atoms. The third kappa shape index (κ3) is 3.60. The minimum Gasteiger partial charge on any atom is -0.376 e. The number of nitrogens with zero attached hydrogens (tertiary/aromatic N) is 1. The van der Waals surface area contributed by atoms with Gasteiger partial charge in [0, 0.05) is 12.8 Å². The molecule has 1 aromatic heterocycles. The van der Waals surface area contributed by atoms with Gasteiger partial charge in [0.15, 0.2) is 0 Å². The molecule has 0 radical (unpaired) electrons. The number of rotatable bonds is 4. The van der Waals surface area contributed by atoms with Crippen LogP contribution in [0.15, 0.2) is 40.1 Å². The van der Waals surface area contributed by atoms with Crippen LogP contribution in [0.25, 0.3) is 0 Å². The van der Waals surface area contributed by atoms with E-state index in [1.807, 2.05) is 18.2 Å². The number of aryl methyl sites for hydroxylation is 1. The molecule has 1 amide bonds. The average molecular weight is 369 g/mol. The largest absolute Gasteiger partial charge is 0.376 e. The zero-order chi connectivity index (χ0) is 18.8. The highest BCUT2D eigenvalue weighted by molar-refractivity contribution is 5.93. The zero-order valence-electron chi connectivity index (χ0n) is 15.1. The van der Waals surface area contributed by atoms with Gasteiger partial charge in [0.2, 0.25) is 0 Å². The van der Waals surface area contributed by atoms with Crippen molar-refractivity contribution in [3.63, 3.8) is 0 Å². The molecule has 7 heteroatoms. The van der Waals surface area contributed by atoms with Crippen LogP contribution < -0.4 is 16.6 Å². The summed E-state index contributed by atoms with van der Waals surface area (Å²) in [5.41, 5.74) is 1.19. The summed E-state index contributed by atoms with van der Waals surface area (Å²) in [6, 6.07) is 7.91. The molecule has 0 spiro atoms. The fraction of sp³-hybridized carbons (Fsp3) is 0.450. The third-order valence-corrected chi connectivity index (χ3v) is 5.39. The van der Waals surface area contributed by atoms with Gasteiger partial charge >= 0.3 is 5.69 Å². The van der Waals surface area contributed by atoms with Crippen LogP contribution in [0.5, 0.6) is 0 Å². The molecular formula is C20H23N3O4. The van der Waals surface area contributed by atoms with Crippen LogP contribution in [-0.2, 0) is 17.7 Å². The first-order valence-electron chi connectivity index (χ1n) is 9.46. The SMILES string of the molecule is O=C(NC1CCCc2ccccc21)c1c[nH]c(=O)n(CC2CCCO2)c1=O. The summed E-state index contributed by atoms with van der Waals surface area (Å²) in [6.07, 6.45) is 5.58. The molecule has 2 aliphatic rings. The van der Waals surface area contributed by atoms with E-state index in [0.29, 0.717) is 6.61 Å². The van der Waals surface area contributed by atoms with Crippen LogP contribution in [-0.4, -0.2) is 28.2 Å². The van der Waals surface area contributed by atoms with Crippen molar-refractivity contribution in [3.05, 3.63) is 68.0 Å². The topological polar surface area (TPSA) is 93.2 Å². The Hall–Kier alpha value is -2.67. The number of fused-ring (bicyclic) bond motifs is 1. The molecule has 4 rings (SSSR count). The second kappa shape index (κ2) is 7.52. The Bertz CT molecular complexity index is 956. The van der Waals surface area contributed by atoms with E-state index in [1.54, 1.807) is 0 Å². The summed E-state index contributed by atoms with van der Waals surface area (Å²) in [4.78, 5) is 40.1. The van der Waals surface area contributed by atoms with Gasteiger partial charge in [-0.1, -0.05) is 24.3 Å². The molecule has 1 aliphatic heterocycles. The molecule has 1 fully saturated rings. The molecule has 2 aromatic rings. The molecule has 1 saturated heterocycles. The summed E-state index contributed by atoms with van der Waals surface area (Å²) in [7, 11) is 0. The highest BCUT2D eigenvalue weighted by atomic mass is 16.5. The number of H-pyrrole nitrogens is 1. The number of hydrogen-bond donors (Lipinski definition) is 2. The minimum absolute atomic E-state index is 0.0457. The van der Waals surface area contributed by atoms with Gasteiger partial charge in [0.1, 0.15) is 5.56 Å². The van der Waals surface area contributed by atoms with Gasteiger partial charge in [0.25, 0.3) is 11.5 Å². The van der Waals surface area contributed by atoms with Gasteiger partial charge in [-0.2, -0.15) is 0 Å². The van der Waals surface area contributed by atoms with Crippen LogP contribution in [0.2, 0.25) is 0 Å². The molecule has 7 nitrogen and oxygen atoms in total. The highest BCUT2D eigenvalue weighted by Crippen LogP contribution is 2.29. The first-order chi connectivity index (χ1) is 13.1. The fourth-order valence-electron chi connectivity index (χ4n) is 3.97. The number of carbonyl (C=O) groups is 1. The summed E-state index contributed by atoms with van der Waals surface area (Å²) < 4.78 is 6.58. The number of hydrogen-bond acceptors (Lipinski definition) is 4. The van der Waals surface area contributed by atoms with E-state index in [0.717, 1.165) is 42.2 Å². The van der Waals surface area contributed by atoms with Crippen molar-refractivity contribution in [2.24, 2.45) is 0 Å². The number of amides is 1. The third-order valence-electron chi connectivity index (χ3n) is 5.39. The standard InChI is InChI=1S/C20H23N3O4/c24-18(22-17-9-3-6-13-5-1-2-8-15(13)17)16-11-21-20(26)23(19(16)25)12-14-7-4-10-27-14/h1-2,5,8,11,14,17H,3-4,6-7,9-10,12H2,(H,21,26)(H,22,24). The van der Waals surface area contributed by atoms with Gasteiger partial charge in [0.05, 0.1) is 18.7 Å². The average Bonchev–Trinajstić information content (AvgIpc) is 3.18. The summed E-state index contributed by atoms with van der Waals surface area (Å²) in [5, 5.41) is 2.97. The summed E-state index contributed by atoms with van der Waals surface area (Å²) in [6.45, 7) is 0.806. The Labute approximate surface area is 156 Å². The molecular weight excluding hydrogens is 346 g/mol. The summed E-state index contributed by atoms with van der Waals surface area (Å²) in [5.74, 6) is -0.459. The number of benzene rings is 1. The molecule has 2 unspecified atom stereocenters. The second-order valence-electron chi connectivity index (χ2n) is 7.18. The van der Waals surface area contributed by atoms with Crippen LogP contribution in [0.4, 0.5) is 0 Å². The lowest BCUT2D eigenvalue weighted by atomic mass is 9.87. The maximum absolute atomic E-state index is 12.8. The predicted molar refractivity (Wildman–Crippen MR) is 99.9 cm³/mol. The number of nitrogens with one attached hydrogen (secondary N) is 2. The van der Waals surface area contributed by atoms with Gasteiger partial charge in [-0.25, -0.2) is 4.79 Å². The monoisotopic (exact) mass is 369 g/mol. The molecule has 0 bridgehead atoms. The maximum Gasteiger partial charge on any atom is 0.328 e. The zero-order valence-corrected chi connectivity index (χ0v) is 15.1. The second-order valence-corrected chi connectivity index (χ2v) is 7.18. The maximum atomic E-state index is 12.8. The number of aromatic amines is 1. The van der Waals surface area contributed by atoms with Gasteiger partial charge < -0.3 is 15.0 Å². The minimum atomic E-state index is -0.573. The molecule has 0 saturated carbocycles. The number of ether oxygens (including phenoxy) is 1. The first kappa shape index (κ1) is 17.7. The molecule has 2 atom stereocenters. The Balaban J connectivity index is 1.58. The quantitative estimate of drug-likeness (QED) is 0.855. The van der Waals surface area contributed by atoms with E-state index < -0.39 is 17.2 Å². The lowest BCUT2D eigenvalue weighted by Crippen LogP contribution is -2.43. The summed E-state index contributed by atoms with van der Waals surface area (Å²) >= 11 is 0. The van der Waals surface area contributed by atoms with E-state index >= 15 is 0 Å². The van der Waals surface area contributed by atoms with Gasteiger partial charge in [-0.3, -0.25) is 14.2 Å². The van der Waals surface area contributed by atoms with Crippen molar-refractivity contribution in [1.82, 2.24) is 14.9 Å². The molecule has 1 aromatic carbocycles. The predicted octanol–water partition coefficient (Wildman–Crippen LogP) is 1.52. The molecule has 142 valence electrons. The lowest BCUT2D eigenvalue weighted by Gasteiger charge is -2.26. The van der Waals surface area contributed by atoms with Crippen LogP contribution >= 0.6 is 0 Å². The van der Waals surface area contributed by atoms with Crippen molar-refractivity contribution in [2.45, 2.75) is 50.8 Å². The Kier molecular flexibility index (Phi) is 4.94. The molecule has 2 N–H and O–H groups in total. The van der Waals surface area contributed by atoms with Gasteiger partial charge in [-0.05, 0) is 43.2 Å². The molecule has 1 aliphatic carbocycles. The van der Waals surface area contributed by atoms with E-state index in [4.69, 9.17) is 4.74 Å². The Morgan fingerprint density at radius 3 is 2.89 bits per heavy atom. The van der Waals surface area contributed by atoms with Crippen LogP contribution in [0, 0.1) is 0 Å². The smallest absolute Gasteiger partial charge is 0.328 e. The number of aromatic nitrogens is 2.